The van der Waals surface area contributed by atoms with E-state index in [-0.39, 0.29) is 6.04 Å². The van der Waals surface area contributed by atoms with Crippen LogP contribution in [-0.2, 0) is 0 Å². The lowest BCUT2D eigenvalue weighted by Crippen LogP contribution is -2.33. The molecule has 0 radical (unpaired) electrons. The summed E-state index contributed by atoms with van der Waals surface area (Å²) in [6.07, 6.45) is 0. The molecule has 0 fully saturated rings. The van der Waals surface area contributed by atoms with Gasteiger partial charge in [0.25, 0.3) is 0 Å². The molecule has 0 saturated carbocycles. The minimum absolute atomic E-state index is 0.0528. The first-order valence-electron chi connectivity index (χ1n) is 6.98. The Bertz CT molecular complexity index is 415. The third kappa shape index (κ3) is 3.48. The van der Waals surface area contributed by atoms with Crippen LogP contribution in [0.25, 0.3) is 0 Å². The van der Waals surface area contributed by atoms with Crippen LogP contribution < -0.4 is 15.8 Å². The van der Waals surface area contributed by atoms with E-state index in [1.54, 1.807) is 7.11 Å². The number of nitrogens with one attached hydrogen (secondary N) is 1. The number of rotatable bonds is 6. The molecular formula is C16H28N2O. The van der Waals surface area contributed by atoms with Gasteiger partial charge < -0.3 is 15.8 Å². The average molecular weight is 264 g/mol. The molecule has 3 heteroatoms. The van der Waals surface area contributed by atoms with Crippen molar-refractivity contribution in [1.82, 2.24) is 5.32 Å². The number of nitrogens with two attached hydrogens (primary N) is 1. The minimum atomic E-state index is 0.0528. The highest BCUT2D eigenvalue weighted by molar-refractivity contribution is 5.44. The van der Waals surface area contributed by atoms with E-state index < -0.39 is 0 Å². The Hall–Kier alpha value is -1.06. The predicted octanol–water partition coefficient (Wildman–Crippen LogP) is 2.80. The molecule has 3 nitrogen and oxygen atoms in total. The highest BCUT2D eigenvalue weighted by atomic mass is 16.5. The lowest BCUT2D eigenvalue weighted by Gasteiger charge is -2.29. The Kier molecular flexibility index (Phi) is 5.83. The van der Waals surface area contributed by atoms with Crippen LogP contribution in [0, 0.1) is 25.7 Å². The van der Waals surface area contributed by atoms with Crippen molar-refractivity contribution in [3.05, 3.63) is 28.8 Å². The molecule has 0 aliphatic carbocycles. The quantitative estimate of drug-likeness (QED) is 0.830. The first-order valence-corrected chi connectivity index (χ1v) is 6.98. The molecule has 0 saturated heterocycles. The third-order valence-corrected chi connectivity index (χ3v) is 4.12. The topological polar surface area (TPSA) is 47.3 Å². The summed E-state index contributed by atoms with van der Waals surface area (Å²) in [4.78, 5) is 0. The second-order valence-electron chi connectivity index (χ2n) is 5.60. The van der Waals surface area contributed by atoms with Crippen molar-refractivity contribution in [2.24, 2.45) is 17.6 Å². The van der Waals surface area contributed by atoms with Gasteiger partial charge in [-0.1, -0.05) is 19.9 Å². The van der Waals surface area contributed by atoms with Gasteiger partial charge >= 0.3 is 0 Å². The largest absolute Gasteiger partial charge is 0.496 e. The fourth-order valence-corrected chi connectivity index (χ4v) is 2.64. The third-order valence-electron chi connectivity index (χ3n) is 4.12. The van der Waals surface area contributed by atoms with E-state index in [1.165, 1.54) is 16.7 Å². The van der Waals surface area contributed by atoms with Crippen LogP contribution in [0.3, 0.4) is 0 Å². The maximum absolute atomic E-state index is 6.51. The molecule has 1 aromatic carbocycles. The molecule has 1 aromatic rings. The van der Waals surface area contributed by atoms with E-state index in [0.29, 0.717) is 11.8 Å². The van der Waals surface area contributed by atoms with E-state index in [4.69, 9.17) is 10.5 Å². The number of ether oxygens (including phenoxy) is 1. The van der Waals surface area contributed by atoms with E-state index in [9.17, 15) is 0 Å². The number of hydrogen-bond acceptors (Lipinski definition) is 3. The van der Waals surface area contributed by atoms with Crippen LogP contribution in [0.5, 0.6) is 5.75 Å². The van der Waals surface area contributed by atoms with Gasteiger partial charge in [0.1, 0.15) is 5.75 Å². The van der Waals surface area contributed by atoms with Crippen molar-refractivity contribution in [2.45, 2.75) is 33.7 Å². The van der Waals surface area contributed by atoms with Gasteiger partial charge in [-0.15, -0.1) is 0 Å². The molecule has 19 heavy (non-hydrogen) atoms. The summed E-state index contributed by atoms with van der Waals surface area (Å²) in [5.41, 5.74) is 10.2. The zero-order valence-electron chi connectivity index (χ0n) is 13.1. The Morgan fingerprint density at radius 3 is 2.32 bits per heavy atom. The van der Waals surface area contributed by atoms with Crippen LogP contribution >= 0.6 is 0 Å². The first kappa shape index (κ1) is 16.0. The fraction of sp³-hybridized carbons (Fsp3) is 0.625. The second kappa shape index (κ2) is 6.92. The molecule has 0 bridgehead atoms. The molecule has 2 atom stereocenters. The highest BCUT2D eigenvalue weighted by Crippen LogP contribution is 2.32. The highest BCUT2D eigenvalue weighted by Gasteiger charge is 2.24. The van der Waals surface area contributed by atoms with E-state index in [0.717, 1.165) is 12.3 Å². The standard InChI is InChI=1S/C16H28N2O/c1-10(2)14(9-18-5)16(17)13-7-8-15(19-6)12(4)11(13)3/h7-8,10,14,16,18H,9,17H2,1-6H3. The molecule has 0 aliphatic heterocycles. The predicted molar refractivity (Wildman–Crippen MR) is 81.7 cm³/mol. The molecule has 0 aliphatic rings. The molecule has 0 aromatic heterocycles. The molecule has 0 spiro atoms. The lowest BCUT2D eigenvalue weighted by molar-refractivity contribution is 0.313. The van der Waals surface area contributed by atoms with Gasteiger partial charge in [0.05, 0.1) is 7.11 Å². The molecule has 0 amide bonds. The van der Waals surface area contributed by atoms with E-state index in [1.807, 2.05) is 13.1 Å². The van der Waals surface area contributed by atoms with Crippen molar-refractivity contribution in [3.8, 4) is 5.75 Å². The van der Waals surface area contributed by atoms with Gasteiger partial charge in [0.15, 0.2) is 0 Å². The van der Waals surface area contributed by atoms with Gasteiger partial charge in [-0.05, 0) is 62.0 Å². The number of methoxy groups -OCH3 is 1. The van der Waals surface area contributed by atoms with Crippen molar-refractivity contribution < 1.29 is 4.74 Å². The van der Waals surface area contributed by atoms with Crippen LogP contribution in [0.15, 0.2) is 12.1 Å². The van der Waals surface area contributed by atoms with Gasteiger partial charge in [-0.2, -0.15) is 0 Å². The normalized spacial score (nSPS) is 14.5. The van der Waals surface area contributed by atoms with Gasteiger partial charge in [-0.25, -0.2) is 0 Å². The van der Waals surface area contributed by atoms with Gasteiger partial charge in [0, 0.05) is 6.04 Å². The monoisotopic (exact) mass is 264 g/mol. The maximum atomic E-state index is 6.51. The zero-order chi connectivity index (χ0) is 14.6. The number of benzene rings is 1. The van der Waals surface area contributed by atoms with Crippen LogP contribution in [-0.4, -0.2) is 20.7 Å². The minimum Gasteiger partial charge on any atom is -0.496 e. The number of hydrogen-bond donors (Lipinski definition) is 2. The van der Waals surface area contributed by atoms with Crippen molar-refractivity contribution in [1.29, 1.82) is 0 Å². The van der Waals surface area contributed by atoms with Crippen LogP contribution in [0.1, 0.15) is 36.6 Å². The summed E-state index contributed by atoms with van der Waals surface area (Å²) in [7, 11) is 3.69. The van der Waals surface area contributed by atoms with Gasteiger partial charge in [0.2, 0.25) is 0 Å². The second-order valence-corrected chi connectivity index (χ2v) is 5.60. The van der Waals surface area contributed by atoms with E-state index in [2.05, 4.69) is 39.1 Å². The molecule has 0 heterocycles. The fourth-order valence-electron chi connectivity index (χ4n) is 2.64. The Morgan fingerprint density at radius 1 is 1.21 bits per heavy atom. The summed E-state index contributed by atoms with van der Waals surface area (Å²) in [6, 6.07) is 4.18. The smallest absolute Gasteiger partial charge is 0.122 e. The summed E-state index contributed by atoms with van der Waals surface area (Å²) in [5, 5.41) is 3.25. The Labute approximate surface area is 117 Å². The summed E-state index contributed by atoms with van der Waals surface area (Å²) >= 11 is 0. The summed E-state index contributed by atoms with van der Waals surface area (Å²) in [6.45, 7) is 9.61. The summed E-state index contributed by atoms with van der Waals surface area (Å²) < 4.78 is 5.36. The maximum Gasteiger partial charge on any atom is 0.122 e. The molecule has 108 valence electrons. The Balaban J connectivity index is 3.11. The van der Waals surface area contributed by atoms with Crippen molar-refractivity contribution in [3.63, 3.8) is 0 Å². The summed E-state index contributed by atoms with van der Waals surface area (Å²) in [5.74, 6) is 1.91. The molecule has 3 N–H and O–H groups in total. The van der Waals surface area contributed by atoms with Crippen molar-refractivity contribution >= 4 is 0 Å². The molecular weight excluding hydrogens is 236 g/mol. The van der Waals surface area contributed by atoms with Gasteiger partial charge in [-0.3, -0.25) is 0 Å². The molecule has 2 unspecified atom stereocenters. The van der Waals surface area contributed by atoms with Crippen LogP contribution in [0.2, 0.25) is 0 Å². The average Bonchev–Trinajstić information content (AvgIpc) is 2.38. The zero-order valence-corrected chi connectivity index (χ0v) is 13.1. The SMILES string of the molecule is CNCC(C(C)C)C(N)c1ccc(OC)c(C)c1C. The first-order chi connectivity index (χ1) is 8.93. The van der Waals surface area contributed by atoms with E-state index >= 15 is 0 Å². The van der Waals surface area contributed by atoms with Crippen molar-refractivity contribution in [2.75, 3.05) is 20.7 Å². The molecule has 1 rings (SSSR count). The Morgan fingerprint density at radius 2 is 1.84 bits per heavy atom. The lowest BCUT2D eigenvalue weighted by atomic mass is 9.82. The van der Waals surface area contributed by atoms with Crippen LogP contribution in [0.4, 0.5) is 0 Å².